The Morgan fingerprint density at radius 3 is 2.23 bits per heavy atom. The second-order valence-electron chi connectivity index (χ2n) is 17.3. The fraction of sp³-hybridized carbons (Fsp3) is 0.628. The lowest BCUT2D eigenvalue weighted by atomic mass is 9.57. The van der Waals surface area contributed by atoms with Crippen molar-refractivity contribution in [1.82, 2.24) is 24.9 Å². The summed E-state index contributed by atoms with van der Waals surface area (Å²) >= 11 is 0. The van der Waals surface area contributed by atoms with Crippen molar-refractivity contribution >= 4 is 27.5 Å². The number of rotatable bonds is 14. The Morgan fingerprint density at radius 2 is 1.59 bits per heavy atom. The molecule has 2 amide bonds. The molecule has 3 unspecified atom stereocenters. The minimum absolute atomic E-state index is 0.00783. The molecule has 5 heterocycles. The van der Waals surface area contributed by atoms with Crippen LogP contribution in [0.2, 0.25) is 0 Å². The van der Waals surface area contributed by atoms with Crippen LogP contribution in [0.1, 0.15) is 50.5 Å². The minimum atomic E-state index is -3.51. The Kier molecular flexibility index (Phi) is 11.8. The van der Waals surface area contributed by atoms with E-state index in [1.54, 1.807) is 35.2 Å². The number of ether oxygens (including phenoxy) is 1. The highest BCUT2D eigenvalue weighted by molar-refractivity contribution is 7.92. The molecule has 13 heteroatoms. The van der Waals surface area contributed by atoms with Crippen LogP contribution in [0.3, 0.4) is 0 Å². The number of piperidine rings is 1. The predicted octanol–water partition coefficient (Wildman–Crippen LogP) is 4.39. The average molecular weight is 791 g/mol. The molecule has 1 aliphatic carbocycles. The van der Waals surface area contributed by atoms with Gasteiger partial charge in [0.05, 0.1) is 12.0 Å². The topological polar surface area (TPSA) is 106 Å². The summed E-state index contributed by atoms with van der Waals surface area (Å²) in [5, 5.41) is 2.62. The lowest BCUT2D eigenvalue weighted by molar-refractivity contribution is -0.129. The number of likely N-dealkylation sites (tertiary alicyclic amines) is 4. The number of carbonyl (C=O) groups excluding carboxylic acids is 2. The van der Waals surface area contributed by atoms with Gasteiger partial charge in [0.1, 0.15) is 11.1 Å². The maximum absolute atomic E-state index is 15.0. The molecule has 2 aromatic carbocycles. The number of nitrogens with zero attached hydrogens (tertiary/aromatic N) is 5. The van der Waals surface area contributed by atoms with E-state index < -0.39 is 15.1 Å². The molecule has 6 aliphatic rings. The van der Waals surface area contributed by atoms with Crippen LogP contribution >= 0.6 is 0 Å². The zero-order valence-corrected chi connectivity index (χ0v) is 33.7. The molecule has 0 radical (unpaired) electrons. The van der Waals surface area contributed by atoms with Crippen molar-refractivity contribution in [2.75, 3.05) is 97.1 Å². The number of anilines is 1. The van der Waals surface area contributed by atoms with Gasteiger partial charge in [0, 0.05) is 75.0 Å². The predicted molar refractivity (Wildman–Crippen MR) is 215 cm³/mol. The SMILES string of the molecule is COC(=O)NC1CCCC1C(CN1CCC1)(c1cccc(F)c1)C1CCN(CC2CN(c3ccc(S(=O)(=O)C4CN(C(=O)C=CCN5CCC5)C4)cc3)C2)CC1. The number of hydrogen-bond donors (Lipinski definition) is 1. The van der Waals surface area contributed by atoms with Crippen molar-refractivity contribution in [3.63, 3.8) is 0 Å². The van der Waals surface area contributed by atoms with Crippen molar-refractivity contribution in [2.24, 2.45) is 17.8 Å². The van der Waals surface area contributed by atoms with E-state index in [0.29, 0.717) is 16.7 Å². The van der Waals surface area contributed by atoms with E-state index >= 15 is 4.39 Å². The molecule has 6 fully saturated rings. The van der Waals surface area contributed by atoms with Gasteiger partial charge in [0.25, 0.3) is 0 Å². The van der Waals surface area contributed by atoms with E-state index in [1.807, 2.05) is 24.3 Å². The molecule has 11 nitrogen and oxygen atoms in total. The molecule has 304 valence electrons. The first-order chi connectivity index (χ1) is 27.1. The van der Waals surface area contributed by atoms with Crippen LogP contribution in [0.15, 0.2) is 65.6 Å². The second kappa shape index (κ2) is 16.8. The molecule has 2 aromatic rings. The third kappa shape index (κ3) is 8.11. The Labute approximate surface area is 332 Å². The maximum Gasteiger partial charge on any atom is 0.407 e. The second-order valence-corrected chi connectivity index (χ2v) is 19.5. The number of carbonyl (C=O) groups is 2. The first-order valence-corrected chi connectivity index (χ1v) is 22.5. The van der Waals surface area contributed by atoms with E-state index in [4.69, 9.17) is 4.74 Å². The summed E-state index contributed by atoms with van der Waals surface area (Å²) in [6.45, 7) is 11.3. The Morgan fingerprint density at radius 1 is 0.875 bits per heavy atom. The largest absolute Gasteiger partial charge is 0.453 e. The summed E-state index contributed by atoms with van der Waals surface area (Å²) in [4.78, 5) is 36.6. The molecule has 56 heavy (non-hydrogen) atoms. The summed E-state index contributed by atoms with van der Waals surface area (Å²) < 4.78 is 46.8. The van der Waals surface area contributed by atoms with Crippen LogP contribution < -0.4 is 10.2 Å². The molecule has 5 saturated heterocycles. The Balaban J connectivity index is 0.853. The maximum atomic E-state index is 15.0. The van der Waals surface area contributed by atoms with Gasteiger partial charge in [0.15, 0.2) is 9.84 Å². The minimum Gasteiger partial charge on any atom is -0.453 e. The number of methoxy groups -OCH3 is 1. The third-order valence-corrected chi connectivity index (χ3v) is 16.1. The van der Waals surface area contributed by atoms with Crippen molar-refractivity contribution in [1.29, 1.82) is 0 Å². The van der Waals surface area contributed by atoms with Gasteiger partial charge >= 0.3 is 6.09 Å². The van der Waals surface area contributed by atoms with Gasteiger partial charge in [-0.05, 0) is 132 Å². The summed E-state index contributed by atoms with van der Waals surface area (Å²) in [5.74, 6) is 0.774. The standard InChI is InChI=1S/C43H59FN6O5S/c1-55-42(52)45-40-10-3-9-39(40)43(31-48-21-6-22-48,34-7-2-8-35(44)25-34)33-16-23-47(24-17-33)26-32-27-49(28-32)36-12-14-37(15-13-36)56(53,54)38-29-50(30-38)41(51)11-4-18-46-19-5-20-46/h2,4,7-8,11-15,25,32-33,38-40H,3,5-6,9-10,16-24,26-31H2,1H3,(H,45,52). The quantitative estimate of drug-likeness (QED) is 0.279. The molecule has 0 aromatic heterocycles. The molecular weight excluding hydrogens is 732 g/mol. The van der Waals surface area contributed by atoms with Crippen molar-refractivity contribution in [3.8, 4) is 0 Å². The van der Waals surface area contributed by atoms with Crippen LogP contribution in [0.5, 0.6) is 0 Å². The highest BCUT2D eigenvalue weighted by atomic mass is 32.2. The summed E-state index contributed by atoms with van der Waals surface area (Å²) in [6, 6.07) is 14.6. The zero-order chi connectivity index (χ0) is 38.9. The van der Waals surface area contributed by atoms with Crippen LogP contribution in [0, 0.1) is 23.6 Å². The van der Waals surface area contributed by atoms with Gasteiger partial charge in [-0.15, -0.1) is 0 Å². The fourth-order valence-corrected chi connectivity index (χ4v) is 12.1. The zero-order valence-electron chi connectivity index (χ0n) is 32.9. The molecule has 5 aliphatic heterocycles. The normalized spacial score (nSPS) is 25.6. The highest BCUT2D eigenvalue weighted by Crippen LogP contribution is 2.51. The molecule has 1 N–H and O–H groups in total. The summed E-state index contributed by atoms with van der Waals surface area (Å²) in [7, 11) is -2.09. The number of hydrogen-bond acceptors (Lipinski definition) is 9. The number of benzene rings is 2. The van der Waals surface area contributed by atoms with Crippen LogP contribution in [-0.2, 0) is 24.8 Å². The highest BCUT2D eigenvalue weighted by Gasteiger charge is 2.53. The van der Waals surface area contributed by atoms with Crippen molar-refractivity contribution in [2.45, 2.75) is 66.5 Å². The van der Waals surface area contributed by atoms with Gasteiger partial charge in [-0.3, -0.25) is 9.69 Å². The molecule has 1 saturated carbocycles. The number of amides is 2. The van der Waals surface area contributed by atoms with E-state index in [9.17, 15) is 18.0 Å². The van der Waals surface area contributed by atoms with Gasteiger partial charge in [-0.25, -0.2) is 17.6 Å². The first-order valence-electron chi connectivity index (χ1n) is 20.9. The van der Waals surface area contributed by atoms with Gasteiger partial charge in [0.2, 0.25) is 5.91 Å². The lowest BCUT2D eigenvalue weighted by Gasteiger charge is -2.54. The summed E-state index contributed by atoms with van der Waals surface area (Å²) in [5.41, 5.74) is 1.84. The van der Waals surface area contributed by atoms with Crippen LogP contribution in [-0.4, -0.2) is 144 Å². The molecule has 3 atom stereocenters. The van der Waals surface area contributed by atoms with Crippen LogP contribution in [0.4, 0.5) is 14.9 Å². The number of nitrogens with one attached hydrogen (secondary N) is 1. The number of alkyl carbamates (subject to hydrolysis) is 1. The van der Waals surface area contributed by atoms with Gasteiger partial charge < -0.3 is 29.7 Å². The molecular formula is C43H59FN6O5S. The van der Waals surface area contributed by atoms with Crippen LogP contribution in [0.25, 0.3) is 0 Å². The third-order valence-electron chi connectivity index (χ3n) is 14.0. The van der Waals surface area contributed by atoms with Crippen molar-refractivity contribution < 1.29 is 27.1 Å². The fourth-order valence-electron chi connectivity index (χ4n) is 10.5. The van der Waals surface area contributed by atoms with E-state index in [2.05, 4.69) is 31.0 Å². The molecule has 8 rings (SSSR count). The first kappa shape index (κ1) is 39.3. The number of sulfone groups is 1. The number of halogens is 1. The smallest absolute Gasteiger partial charge is 0.407 e. The van der Waals surface area contributed by atoms with Crippen molar-refractivity contribution in [3.05, 3.63) is 72.1 Å². The van der Waals surface area contributed by atoms with E-state index in [0.717, 1.165) is 115 Å². The van der Waals surface area contributed by atoms with E-state index in [-0.39, 0.29) is 48.3 Å². The molecule has 0 bridgehead atoms. The van der Waals surface area contributed by atoms with Gasteiger partial charge in [-0.2, -0.15) is 0 Å². The van der Waals surface area contributed by atoms with E-state index in [1.165, 1.54) is 20.0 Å². The lowest BCUT2D eigenvalue weighted by Crippen LogP contribution is -2.60. The molecule has 0 spiro atoms. The average Bonchev–Trinajstić information content (AvgIpc) is 3.58. The monoisotopic (exact) mass is 790 g/mol. The Hall–Kier alpha value is -3.52. The Bertz CT molecular complexity index is 1830. The van der Waals surface area contributed by atoms with Gasteiger partial charge in [-0.1, -0.05) is 24.6 Å². The summed E-state index contributed by atoms with van der Waals surface area (Å²) in [6.07, 6.45) is 10.5.